The van der Waals surface area contributed by atoms with Crippen LogP contribution in [0.15, 0.2) is 36.4 Å². The molecule has 36 heavy (non-hydrogen) atoms. The van der Waals surface area contributed by atoms with Crippen LogP contribution in [0, 0.1) is 5.82 Å². The van der Waals surface area contributed by atoms with Gasteiger partial charge in [0.2, 0.25) is 5.91 Å². The summed E-state index contributed by atoms with van der Waals surface area (Å²) in [5.41, 5.74) is 4.64. The molecule has 1 amide bonds. The Morgan fingerprint density at radius 1 is 1.19 bits per heavy atom. The van der Waals surface area contributed by atoms with Gasteiger partial charge in [-0.2, -0.15) is 0 Å². The van der Waals surface area contributed by atoms with Crippen LogP contribution in [0.1, 0.15) is 16.9 Å². The van der Waals surface area contributed by atoms with Crippen LogP contribution in [-0.4, -0.2) is 49.3 Å². The van der Waals surface area contributed by atoms with E-state index in [1.165, 1.54) is 22.6 Å². The van der Waals surface area contributed by atoms with Crippen molar-refractivity contribution in [2.45, 2.75) is 19.4 Å². The molecule has 188 valence electrons. The summed E-state index contributed by atoms with van der Waals surface area (Å²) in [6.45, 7) is 3.56. The fourth-order valence-electron chi connectivity index (χ4n) is 4.24. The predicted octanol–water partition coefficient (Wildman–Crippen LogP) is 4.75. The molecule has 3 heterocycles. The van der Waals surface area contributed by atoms with E-state index in [2.05, 4.69) is 16.0 Å². The molecule has 0 atom stereocenters. The van der Waals surface area contributed by atoms with Crippen molar-refractivity contribution in [2.24, 2.45) is 0 Å². The molecule has 0 fully saturated rings. The summed E-state index contributed by atoms with van der Waals surface area (Å²) in [7, 11) is 1.65. The summed E-state index contributed by atoms with van der Waals surface area (Å²) in [6, 6.07) is 10.2. The first-order valence-electron chi connectivity index (χ1n) is 11.8. The number of anilines is 1. The van der Waals surface area contributed by atoms with E-state index >= 15 is 0 Å². The Labute approximate surface area is 216 Å². The van der Waals surface area contributed by atoms with Gasteiger partial charge < -0.3 is 25.8 Å². The van der Waals surface area contributed by atoms with E-state index in [1.54, 1.807) is 35.8 Å². The molecule has 4 aromatic rings. The number of rotatable bonds is 9. The summed E-state index contributed by atoms with van der Waals surface area (Å²) in [6.07, 6.45) is 1.25. The number of thiophene rings is 1. The van der Waals surface area contributed by atoms with E-state index < -0.39 is 5.82 Å². The molecule has 1 aliphatic rings. The number of aromatic hydroxyl groups is 1. The highest BCUT2D eigenvalue weighted by molar-refractivity contribution is 7.23. The molecule has 0 spiro atoms. The van der Waals surface area contributed by atoms with Crippen LogP contribution in [0.5, 0.6) is 5.75 Å². The Kier molecular flexibility index (Phi) is 7.59. The third kappa shape index (κ3) is 5.28. The van der Waals surface area contributed by atoms with Crippen LogP contribution < -0.4 is 16.0 Å². The largest absolute Gasteiger partial charge is 0.505 e. The highest BCUT2D eigenvalue weighted by Gasteiger charge is 2.25. The van der Waals surface area contributed by atoms with Crippen molar-refractivity contribution in [1.29, 1.82) is 0 Å². The minimum atomic E-state index is -0.648. The quantitative estimate of drug-likeness (QED) is 0.235. The molecule has 7 nitrogen and oxygen atoms in total. The monoisotopic (exact) mass is 526 g/mol. The molecule has 4 N–H and O–H groups in total. The number of benzene rings is 2. The van der Waals surface area contributed by atoms with Gasteiger partial charge in [-0.05, 0) is 53.9 Å². The number of ether oxygens (including phenoxy) is 1. The van der Waals surface area contributed by atoms with Crippen LogP contribution in [0.4, 0.5) is 9.39 Å². The number of thiazole rings is 1. The smallest absolute Gasteiger partial charge is 0.226 e. The first-order chi connectivity index (χ1) is 17.5. The van der Waals surface area contributed by atoms with Gasteiger partial charge in [0, 0.05) is 43.6 Å². The van der Waals surface area contributed by atoms with Crippen LogP contribution in [0.25, 0.3) is 31.9 Å². The van der Waals surface area contributed by atoms with Crippen LogP contribution in [0.3, 0.4) is 0 Å². The van der Waals surface area contributed by atoms with Gasteiger partial charge in [-0.3, -0.25) is 4.79 Å². The number of carbonyl (C=O) groups is 1. The molecular weight excluding hydrogens is 499 g/mol. The fourth-order valence-corrected chi connectivity index (χ4v) is 6.62. The van der Waals surface area contributed by atoms with Crippen molar-refractivity contribution >= 4 is 43.8 Å². The second-order valence-corrected chi connectivity index (χ2v) is 10.7. The lowest BCUT2D eigenvalue weighted by atomic mass is 10.0. The number of halogens is 1. The molecule has 0 radical (unpaired) electrons. The van der Waals surface area contributed by atoms with E-state index in [4.69, 9.17) is 9.72 Å². The molecule has 10 heteroatoms. The Hall–Kier alpha value is -2.89. The van der Waals surface area contributed by atoms with Crippen molar-refractivity contribution in [3.8, 4) is 27.4 Å². The van der Waals surface area contributed by atoms with Crippen LogP contribution in [-0.2, 0) is 22.5 Å². The first-order valence-corrected chi connectivity index (χ1v) is 13.4. The van der Waals surface area contributed by atoms with Gasteiger partial charge >= 0.3 is 0 Å². The second-order valence-electron chi connectivity index (χ2n) is 8.54. The Morgan fingerprint density at radius 3 is 2.86 bits per heavy atom. The van der Waals surface area contributed by atoms with Crippen molar-refractivity contribution in [3.05, 3.63) is 52.7 Å². The molecule has 2 aromatic heterocycles. The van der Waals surface area contributed by atoms with Gasteiger partial charge in [0.1, 0.15) is 10.0 Å². The predicted molar refractivity (Wildman–Crippen MR) is 143 cm³/mol. The maximum atomic E-state index is 13.9. The van der Waals surface area contributed by atoms with Crippen molar-refractivity contribution in [3.63, 3.8) is 0 Å². The average Bonchev–Trinajstić information content (AvgIpc) is 3.45. The molecule has 5 rings (SSSR count). The number of phenols is 1. The minimum absolute atomic E-state index is 0.0366. The lowest BCUT2D eigenvalue weighted by molar-refractivity contribution is -0.116. The number of hydrogen-bond donors (Lipinski definition) is 4. The zero-order valence-electron chi connectivity index (χ0n) is 19.8. The van der Waals surface area contributed by atoms with Gasteiger partial charge in [-0.25, -0.2) is 9.37 Å². The maximum absolute atomic E-state index is 13.9. The Bertz CT molecular complexity index is 1400. The summed E-state index contributed by atoms with van der Waals surface area (Å²) in [5, 5.41) is 21.0. The molecule has 0 aliphatic carbocycles. The van der Waals surface area contributed by atoms with Gasteiger partial charge in [0.15, 0.2) is 11.6 Å². The first kappa shape index (κ1) is 24.8. The molecule has 2 aromatic carbocycles. The van der Waals surface area contributed by atoms with E-state index in [0.717, 1.165) is 50.9 Å². The number of nitrogens with one attached hydrogen (secondary N) is 3. The number of phenolic OH excluding ortho intramolecular Hbond substituents is 1. The normalized spacial score (nSPS) is 13.2. The van der Waals surface area contributed by atoms with E-state index in [0.29, 0.717) is 31.7 Å². The standard InChI is InChI=1S/C26H27FN4O3S2/c1-34-11-10-28-9-7-23(33)31-26-24(17-6-8-29-14-22(17)36-26)25-30-19-4-2-16(13-21(19)35-25)15-3-5-20(32)18(27)12-15/h2-5,12-13,28-29,32H,6-11,14H2,1H3,(H,31,33). The van der Waals surface area contributed by atoms with Crippen LogP contribution >= 0.6 is 22.7 Å². The highest BCUT2D eigenvalue weighted by atomic mass is 32.1. The topological polar surface area (TPSA) is 95.5 Å². The van der Waals surface area contributed by atoms with E-state index in [9.17, 15) is 14.3 Å². The SMILES string of the molecule is COCCNCCC(=O)Nc1sc2c(c1-c1nc3ccc(-c4ccc(O)c(F)c4)cc3s1)CCNC2. The summed E-state index contributed by atoms with van der Waals surface area (Å²) < 4.78 is 19.9. The number of amides is 1. The number of fused-ring (bicyclic) bond motifs is 2. The van der Waals surface area contributed by atoms with Crippen LogP contribution in [0.2, 0.25) is 0 Å². The second kappa shape index (κ2) is 11.0. The number of aromatic nitrogens is 1. The average molecular weight is 527 g/mol. The molecular formula is C26H27FN4O3S2. The number of carbonyl (C=O) groups excluding carboxylic acids is 1. The number of methoxy groups -OCH3 is 1. The molecule has 1 aliphatic heterocycles. The number of nitrogens with zero attached hydrogens (tertiary/aromatic N) is 1. The van der Waals surface area contributed by atoms with Crippen molar-refractivity contribution in [2.75, 3.05) is 38.7 Å². The summed E-state index contributed by atoms with van der Waals surface area (Å²) >= 11 is 3.18. The zero-order chi connectivity index (χ0) is 25.1. The fraction of sp³-hybridized carbons (Fsp3) is 0.308. The Balaban J connectivity index is 1.44. The van der Waals surface area contributed by atoms with Crippen molar-refractivity contribution in [1.82, 2.24) is 15.6 Å². The molecule has 0 saturated carbocycles. The van der Waals surface area contributed by atoms with Crippen molar-refractivity contribution < 1.29 is 19.0 Å². The van der Waals surface area contributed by atoms with E-state index in [-0.39, 0.29) is 11.7 Å². The maximum Gasteiger partial charge on any atom is 0.226 e. The lowest BCUT2D eigenvalue weighted by Crippen LogP contribution is -2.24. The molecule has 0 unspecified atom stereocenters. The third-order valence-electron chi connectivity index (χ3n) is 6.08. The number of hydrogen-bond acceptors (Lipinski definition) is 8. The molecule has 0 bridgehead atoms. The summed E-state index contributed by atoms with van der Waals surface area (Å²) in [4.78, 5) is 18.8. The van der Waals surface area contributed by atoms with Gasteiger partial charge in [-0.1, -0.05) is 12.1 Å². The third-order valence-corrected chi connectivity index (χ3v) is 8.26. The highest BCUT2D eigenvalue weighted by Crippen LogP contribution is 2.45. The molecule has 0 saturated heterocycles. The van der Waals surface area contributed by atoms with E-state index in [1.807, 2.05) is 18.2 Å². The Morgan fingerprint density at radius 2 is 2.03 bits per heavy atom. The van der Waals surface area contributed by atoms with Gasteiger partial charge in [0.25, 0.3) is 0 Å². The summed E-state index contributed by atoms with van der Waals surface area (Å²) in [5.74, 6) is -1.05. The van der Waals surface area contributed by atoms with Gasteiger partial charge in [0.05, 0.1) is 16.8 Å². The zero-order valence-corrected chi connectivity index (χ0v) is 21.5. The minimum Gasteiger partial charge on any atom is -0.505 e. The van der Waals surface area contributed by atoms with Gasteiger partial charge in [-0.15, -0.1) is 22.7 Å². The lowest BCUT2D eigenvalue weighted by Gasteiger charge is -2.13.